The van der Waals surface area contributed by atoms with Gasteiger partial charge in [0.2, 0.25) is 17.7 Å². The Morgan fingerprint density at radius 2 is 1.76 bits per heavy atom. The Bertz CT molecular complexity index is 1310. The van der Waals surface area contributed by atoms with E-state index in [4.69, 9.17) is 14.2 Å². The van der Waals surface area contributed by atoms with E-state index >= 15 is 0 Å². The molecule has 0 aromatic rings. The lowest BCUT2D eigenvalue weighted by molar-refractivity contribution is -0.151. The Kier molecular flexibility index (Phi) is 21.0. The van der Waals surface area contributed by atoms with Gasteiger partial charge in [0.1, 0.15) is 18.2 Å². The SMILES string of the molecule is C/C=C\C[C@@H](C/C=C\NC(=O)[C@@H](NC(=O)\C=C/C=C\C(C)=C\[C@H](C)[C@@H]1CC=C(OC)C(=O)O1)C(C)(C)C)OC(=O)NCCCNC(=O)CCS. The van der Waals surface area contributed by atoms with E-state index in [9.17, 15) is 24.0 Å². The summed E-state index contributed by atoms with van der Waals surface area (Å²) in [5.41, 5.74) is 0.347. The Labute approximate surface area is 302 Å². The van der Waals surface area contributed by atoms with Gasteiger partial charge in [0, 0.05) is 50.8 Å². The van der Waals surface area contributed by atoms with Crippen molar-refractivity contribution < 1.29 is 38.2 Å². The summed E-state index contributed by atoms with van der Waals surface area (Å²) < 4.78 is 16.0. The predicted molar refractivity (Wildman–Crippen MR) is 198 cm³/mol. The van der Waals surface area contributed by atoms with Crippen LogP contribution in [0.5, 0.6) is 0 Å². The number of rotatable bonds is 20. The molecular formula is C37H56N4O8S. The summed E-state index contributed by atoms with van der Waals surface area (Å²) >= 11 is 4.02. The first-order valence-corrected chi connectivity index (χ1v) is 17.5. The third-order valence-electron chi connectivity index (χ3n) is 7.39. The fourth-order valence-corrected chi connectivity index (χ4v) is 4.85. The largest absolute Gasteiger partial charge is 0.490 e. The molecule has 0 aromatic carbocycles. The predicted octanol–water partition coefficient (Wildman–Crippen LogP) is 4.97. The lowest BCUT2D eigenvalue weighted by Gasteiger charge is -2.29. The fraction of sp³-hybridized carbons (Fsp3) is 0.541. The molecule has 12 nitrogen and oxygen atoms in total. The third kappa shape index (κ3) is 18.5. The Balaban J connectivity index is 2.64. The molecule has 50 heavy (non-hydrogen) atoms. The van der Waals surface area contributed by atoms with Crippen LogP contribution in [0.1, 0.15) is 73.6 Å². The minimum Gasteiger partial charge on any atom is -0.490 e. The van der Waals surface area contributed by atoms with E-state index in [1.54, 1.807) is 24.3 Å². The number of thiol groups is 1. The molecule has 4 N–H and O–H groups in total. The molecule has 278 valence electrons. The summed E-state index contributed by atoms with van der Waals surface area (Å²) in [4.78, 5) is 61.5. The van der Waals surface area contributed by atoms with Gasteiger partial charge in [0.05, 0.1) is 7.11 Å². The van der Waals surface area contributed by atoms with Gasteiger partial charge in [0.15, 0.2) is 5.76 Å². The zero-order chi connectivity index (χ0) is 37.5. The molecule has 0 spiro atoms. The highest BCUT2D eigenvalue weighted by atomic mass is 32.1. The number of cyclic esters (lactones) is 1. The Morgan fingerprint density at radius 3 is 2.40 bits per heavy atom. The highest BCUT2D eigenvalue weighted by Crippen LogP contribution is 2.23. The summed E-state index contributed by atoms with van der Waals surface area (Å²) in [5, 5.41) is 10.9. The van der Waals surface area contributed by atoms with E-state index < -0.39 is 35.5 Å². The molecule has 1 rings (SSSR count). The molecule has 4 amide bonds. The molecule has 0 aliphatic carbocycles. The maximum atomic E-state index is 13.1. The number of alkyl carbamates (subject to hydrolysis) is 1. The van der Waals surface area contributed by atoms with Crippen LogP contribution in [0.25, 0.3) is 0 Å². The van der Waals surface area contributed by atoms with Crippen LogP contribution in [-0.2, 0) is 33.4 Å². The summed E-state index contributed by atoms with van der Waals surface area (Å²) in [6.07, 6.45) is 18.2. The van der Waals surface area contributed by atoms with Gasteiger partial charge in [-0.2, -0.15) is 12.6 Å². The number of carbonyl (C=O) groups is 5. The van der Waals surface area contributed by atoms with E-state index in [-0.39, 0.29) is 29.6 Å². The molecule has 4 atom stereocenters. The van der Waals surface area contributed by atoms with Gasteiger partial charge in [-0.05, 0) is 43.7 Å². The van der Waals surface area contributed by atoms with Gasteiger partial charge < -0.3 is 35.5 Å². The fourth-order valence-electron chi connectivity index (χ4n) is 4.65. The quantitative estimate of drug-likeness (QED) is 0.0295. The zero-order valence-electron chi connectivity index (χ0n) is 30.5. The van der Waals surface area contributed by atoms with E-state index in [1.807, 2.05) is 65.8 Å². The topological polar surface area (TPSA) is 161 Å². The summed E-state index contributed by atoms with van der Waals surface area (Å²) in [7, 11) is 1.43. The van der Waals surface area contributed by atoms with Gasteiger partial charge in [-0.25, -0.2) is 9.59 Å². The second-order valence-electron chi connectivity index (χ2n) is 12.8. The number of methoxy groups -OCH3 is 1. The number of carbonyl (C=O) groups excluding carboxylic acids is 5. The molecule has 1 aliphatic heterocycles. The minimum atomic E-state index is -0.829. The monoisotopic (exact) mass is 716 g/mol. The zero-order valence-corrected chi connectivity index (χ0v) is 31.3. The van der Waals surface area contributed by atoms with Crippen LogP contribution in [0.3, 0.4) is 0 Å². The highest BCUT2D eigenvalue weighted by molar-refractivity contribution is 7.80. The molecule has 1 heterocycles. The molecule has 0 unspecified atom stereocenters. The first-order valence-electron chi connectivity index (χ1n) is 16.9. The van der Waals surface area contributed by atoms with Crippen LogP contribution in [0.4, 0.5) is 4.79 Å². The van der Waals surface area contributed by atoms with Crippen molar-refractivity contribution in [2.24, 2.45) is 11.3 Å². The van der Waals surface area contributed by atoms with E-state index in [0.29, 0.717) is 50.9 Å². The minimum absolute atomic E-state index is 0.0255. The van der Waals surface area contributed by atoms with Crippen molar-refractivity contribution in [3.63, 3.8) is 0 Å². The summed E-state index contributed by atoms with van der Waals surface area (Å²) in [5.74, 6) is -0.697. The molecule has 1 aliphatic rings. The van der Waals surface area contributed by atoms with Crippen LogP contribution in [-0.4, -0.2) is 74.0 Å². The third-order valence-corrected chi connectivity index (χ3v) is 7.62. The van der Waals surface area contributed by atoms with Gasteiger partial charge in [-0.15, -0.1) is 0 Å². The number of esters is 1. The highest BCUT2D eigenvalue weighted by Gasteiger charge is 2.32. The van der Waals surface area contributed by atoms with Gasteiger partial charge in [0.25, 0.3) is 0 Å². The van der Waals surface area contributed by atoms with Crippen molar-refractivity contribution in [2.45, 2.75) is 91.9 Å². The first-order chi connectivity index (χ1) is 23.7. The van der Waals surface area contributed by atoms with Crippen molar-refractivity contribution in [1.82, 2.24) is 21.3 Å². The van der Waals surface area contributed by atoms with E-state index in [1.165, 1.54) is 19.4 Å². The van der Waals surface area contributed by atoms with Gasteiger partial charge in [-0.1, -0.05) is 75.8 Å². The average Bonchev–Trinajstić information content (AvgIpc) is 3.05. The van der Waals surface area contributed by atoms with Crippen LogP contribution in [0.2, 0.25) is 0 Å². The van der Waals surface area contributed by atoms with Crippen molar-refractivity contribution in [2.75, 3.05) is 26.0 Å². The number of hydrogen-bond donors (Lipinski definition) is 5. The molecular weight excluding hydrogens is 660 g/mol. The van der Waals surface area contributed by atoms with Crippen LogP contribution in [0.15, 0.2) is 72.2 Å². The number of hydrogen-bond acceptors (Lipinski definition) is 9. The molecule has 13 heteroatoms. The van der Waals surface area contributed by atoms with Gasteiger partial charge in [-0.3, -0.25) is 14.4 Å². The molecule has 0 fully saturated rings. The maximum absolute atomic E-state index is 13.1. The number of nitrogens with one attached hydrogen (secondary N) is 4. The Morgan fingerprint density at radius 1 is 1.08 bits per heavy atom. The molecule has 0 saturated heterocycles. The smallest absolute Gasteiger partial charge is 0.407 e. The number of amides is 4. The standard InChI is InChI=1S/C37H56N4O8S/c1-8-9-15-28(48-36(46)40-23-13-22-38-31(42)20-24-50)16-12-21-39-34(44)33(37(4,5)6)41-32(43)17-11-10-14-26(2)25-27(3)29-18-19-30(47-7)35(45)49-29/h8-12,14,17,19,21,25,27-29,33,50H,13,15-16,18,20,22-24H2,1-7H3,(H,38,42)(H,39,44)(H,40,46)(H,41,43)/b9-8-,14-10-,17-11-,21-12-,26-25+/t27-,28-,29-,33+/m0/s1. The van der Waals surface area contributed by atoms with Crippen molar-refractivity contribution in [1.29, 1.82) is 0 Å². The van der Waals surface area contributed by atoms with Gasteiger partial charge >= 0.3 is 12.1 Å². The first kappa shape index (κ1) is 43.8. The lowest BCUT2D eigenvalue weighted by Crippen LogP contribution is -2.52. The van der Waals surface area contributed by atoms with E-state index in [0.717, 1.165) is 5.57 Å². The van der Waals surface area contributed by atoms with Crippen molar-refractivity contribution in [3.05, 3.63) is 72.2 Å². The second-order valence-corrected chi connectivity index (χ2v) is 13.3. The van der Waals surface area contributed by atoms with Crippen molar-refractivity contribution in [3.8, 4) is 0 Å². The number of allylic oxidation sites excluding steroid dienone is 5. The maximum Gasteiger partial charge on any atom is 0.407 e. The summed E-state index contributed by atoms with van der Waals surface area (Å²) in [6.45, 7) is 12.1. The Hall–Kier alpha value is -4.26. The summed E-state index contributed by atoms with van der Waals surface area (Å²) in [6, 6.07) is -0.829. The molecule has 0 aromatic heterocycles. The average molecular weight is 717 g/mol. The van der Waals surface area contributed by atoms with Crippen LogP contribution < -0.4 is 21.3 Å². The van der Waals surface area contributed by atoms with Crippen molar-refractivity contribution >= 4 is 42.4 Å². The molecule has 0 radical (unpaired) electrons. The number of ether oxygens (including phenoxy) is 3. The van der Waals surface area contributed by atoms with E-state index in [2.05, 4.69) is 33.9 Å². The lowest BCUT2D eigenvalue weighted by atomic mass is 9.86. The normalized spacial score (nSPS) is 17.3. The van der Waals surface area contributed by atoms with Crippen LogP contribution in [0, 0.1) is 11.3 Å². The molecule has 0 bridgehead atoms. The molecule has 0 saturated carbocycles. The second kappa shape index (κ2) is 24.0. The van der Waals surface area contributed by atoms with Crippen LogP contribution >= 0.6 is 12.6 Å².